The summed E-state index contributed by atoms with van der Waals surface area (Å²) in [5.74, 6) is 0.423. The lowest BCUT2D eigenvalue weighted by molar-refractivity contribution is -0.0423. The van der Waals surface area contributed by atoms with Gasteiger partial charge in [0.2, 0.25) is 0 Å². The molecule has 0 spiro atoms. The molecule has 1 amide bonds. The fourth-order valence-electron chi connectivity index (χ4n) is 3.83. The maximum atomic E-state index is 13.0. The first-order valence-electron chi connectivity index (χ1n) is 8.72. The van der Waals surface area contributed by atoms with Crippen LogP contribution in [0, 0.1) is 5.92 Å². The number of hydrogen-bond donors (Lipinski definition) is 1. The highest BCUT2D eigenvalue weighted by molar-refractivity contribution is 6.37. The molecular formula is C20H20Cl2N2O2. The maximum Gasteiger partial charge on any atom is 0.253 e. The van der Waals surface area contributed by atoms with Crippen molar-refractivity contribution >= 4 is 29.1 Å². The molecule has 2 aromatic rings. The molecule has 1 aromatic heterocycles. The van der Waals surface area contributed by atoms with Crippen LogP contribution in [0.15, 0.2) is 30.6 Å². The van der Waals surface area contributed by atoms with Gasteiger partial charge in [-0.25, -0.2) is 0 Å². The first kappa shape index (κ1) is 17.8. The van der Waals surface area contributed by atoms with E-state index < -0.39 is 5.54 Å². The number of nitrogens with zero attached hydrogens (tertiary/aromatic N) is 1. The quantitative estimate of drug-likeness (QED) is 0.847. The topological polar surface area (TPSA) is 51.2 Å². The third kappa shape index (κ3) is 2.81. The predicted molar refractivity (Wildman–Crippen MR) is 102 cm³/mol. The molecule has 2 aliphatic rings. The molecule has 2 atom stereocenters. The molecule has 2 unspecified atom stereocenters. The van der Waals surface area contributed by atoms with Crippen LogP contribution in [0.3, 0.4) is 0 Å². The van der Waals surface area contributed by atoms with Gasteiger partial charge in [-0.15, -0.1) is 0 Å². The standard InChI is InChI=1S/C20H20Cl2N2O2/c1-11(12-9-26-10-12)14-7-16(21)15-8-20(2,13-3-5-23-6-4-13)24-19(25)17(15)18(14)22/h3-7,11-12H,8-10H2,1-2H3,(H,24,25). The number of aromatic nitrogens is 1. The van der Waals surface area contributed by atoms with Crippen molar-refractivity contribution in [2.75, 3.05) is 13.2 Å². The minimum absolute atomic E-state index is 0.184. The first-order valence-corrected chi connectivity index (χ1v) is 9.48. The molecule has 2 aliphatic heterocycles. The van der Waals surface area contributed by atoms with E-state index in [0.717, 1.165) is 29.9 Å². The van der Waals surface area contributed by atoms with E-state index in [9.17, 15) is 4.79 Å². The molecule has 0 aliphatic carbocycles. The van der Waals surface area contributed by atoms with E-state index in [4.69, 9.17) is 27.9 Å². The SMILES string of the molecule is CC(c1cc(Cl)c2c(c1Cl)C(=O)NC(C)(c1ccncc1)C2)C1COC1. The van der Waals surface area contributed by atoms with Crippen molar-refractivity contribution in [3.63, 3.8) is 0 Å². The minimum atomic E-state index is -0.547. The van der Waals surface area contributed by atoms with E-state index in [1.54, 1.807) is 12.4 Å². The molecule has 1 aromatic carbocycles. The smallest absolute Gasteiger partial charge is 0.253 e. The Labute approximate surface area is 162 Å². The number of amides is 1. The van der Waals surface area contributed by atoms with Gasteiger partial charge in [-0.2, -0.15) is 0 Å². The zero-order valence-electron chi connectivity index (χ0n) is 14.7. The molecule has 1 N–H and O–H groups in total. The number of rotatable bonds is 3. The van der Waals surface area contributed by atoms with Crippen LogP contribution in [-0.2, 0) is 16.7 Å². The summed E-state index contributed by atoms with van der Waals surface area (Å²) in [6.45, 7) is 5.55. The van der Waals surface area contributed by atoms with E-state index in [1.165, 1.54) is 0 Å². The molecule has 26 heavy (non-hydrogen) atoms. The number of hydrogen-bond acceptors (Lipinski definition) is 3. The molecule has 1 saturated heterocycles. The monoisotopic (exact) mass is 390 g/mol. The second-order valence-corrected chi connectivity index (χ2v) is 8.19. The van der Waals surface area contributed by atoms with E-state index in [1.807, 2.05) is 25.1 Å². The molecule has 0 radical (unpaired) electrons. The van der Waals surface area contributed by atoms with Gasteiger partial charge >= 0.3 is 0 Å². The number of benzene rings is 1. The zero-order chi connectivity index (χ0) is 18.5. The lowest BCUT2D eigenvalue weighted by atomic mass is 9.78. The Morgan fingerprint density at radius 1 is 1.31 bits per heavy atom. The van der Waals surface area contributed by atoms with Gasteiger partial charge in [0.25, 0.3) is 5.91 Å². The summed E-state index contributed by atoms with van der Waals surface area (Å²) < 4.78 is 5.30. The molecule has 0 saturated carbocycles. The van der Waals surface area contributed by atoms with Crippen molar-refractivity contribution in [1.82, 2.24) is 10.3 Å². The molecule has 6 heteroatoms. The number of fused-ring (bicyclic) bond motifs is 1. The van der Waals surface area contributed by atoms with Gasteiger partial charge in [-0.3, -0.25) is 9.78 Å². The summed E-state index contributed by atoms with van der Waals surface area (Å²) in [7, 11) is 0. The van der Waals surface area contributed by atoms with Crippen LogP contribution in [0.2, 0.25) is 10.0 Å². The van der Waals surface area contributed by atoms with E-state index >= 15 is 0 Å². The van der Waals surface area contributed by atoms with Gasteiger partial charge in [0.05, 0.1) is 29.3 Å². The summed E-state index contributed by atoms with van der Waals surface area (Å²) in [5.41, 5.74) is 2.68. The maximum absolute atomic E-state index is 13.0. The Balaban J connectivity index is 1.78. The van der Waals surface area contributed by atoms with Gasteiger partial charge < -0.3 is 10.1 Å². The number of carbonyl (C=O) groups is 1. The largest absolute Gasteiger partial charge is 0.381 e. The molecule has 3 heterocycles. The van der Waals surface area contributed by atoms with Crippen molar-refractivity contribution < 1.29 is 9.53 Å². The Morgan fingerprint density at radius 3 is 2.62 bits per heavy atom. The second kappa shape index (κ2) is 6.52. The number of carbonyl (C=O) groups excluding carboxylic acids is 1. The zero-order valence-corrected chi connectivity index (χ0v) is 16.2. The fourth-order valence-corrected chi connectivity index (χ4v) is 4.53. The van der Waals surface area contributed by atoms with Crippen molar-refractivity contribution in [1.29, 1.82) is 0 Å². The normalized spacial score (nSPS) is 23.8. The number of halogens is 2. The van der Waals surface area contributed by atoms with Crippen LogP contribution in [0.4, 0.5) is 0 Å². The van der Waals surface area contributed by atoms with E-state index in [-0.39, 0.29) is 11.8 Å². The van der Waals surface area contributed by atoms with Gasteiger partial charge in [0, 0.05) is 29.8 Å². The number of nitrogens with one attached hydrogen (secondary N) is 1. The van der Waals surface area contributed by atoms with Gasteiger partial charge in [0.15, 0.2) is 0 Å². The highest BCUT2D eigenvalue weighted by Gasteiger charge is 2.39. The van der Waals surface area contributed by atoms with Crippen LogP contribution in [0.25, 0.3) is 0 Å². The summed E-state index contributed by atoms with van der Waals surface area (Å²) in [5, 5.41) is 4.23. The van der Waals surface area contributed by atoms with Gasteiger partial charge in [0.1, 0.15) is 0 Å². The van der Waals surface area contributed by atoms with Crippen LogP contribution in [0.5, 0.6) is 0 Å². The third-order valence-electron chi connectivity index (χ3n) is 5.67. The van der Waals surface area contributed by atoms with Crippen molar-refractivity contribution in [2.45, 2.75) is 31.7 Å². The Hall–Kier alpha value is -1.62. The van der Waals surface area contributed by atoms with E-state index in [2.05, 4.69) is 17.2 Å². The average molecular weight is 391 g/mol. The highest BCUT2D eigenvalue weighted by Crippen LogP contribution is 2.43. The van der Waals surface area contributed by atoms with E-state index in [0.29, 0.717) is 27.9 Å². The summed E-state index contributed by atoms with van der Waals surface area (Å²) in [6.07, 6.45) is 4.03. The molecule has 4 nitrogen and oxygen atoms in total. The van der Waals surface area contributed by atoms with Crippen molar-refractivity contribution in [3.8, 4) is 0 Å². The molecule has 1 fully saturated rings. The summed E-state index contributed by atoms with van der Waals surface area (Å²) in [6, 6.07) is 5.75. The van der Waals surface area contributed by atoms with Crippen LogP contribution in [0.1, 0.15) is 46.8 Å². The Morgan fingerprint density at radius 2 is 2.00 bits per heavy atom. The lowest BCUT2D eigenvalue weighted by Crippen LogP contribution is -2.49. The first-order chi connectivity index (χ1) is 12.4. The number of pyridine rings is 1. The summed E-state index contributed by atoms with van der Waals surface area (Å²) in [4.78, 5) is 17.0. The Bertz CT molecular complexity index is 868. The molecule has 136 valence electrons. The molecular weight excluding hydrogens is 371 g/mol. The van der Waals surface area contributed by atoms with Crippen LogP contribution >= 0.6 is 23.2 Å². The predicted octanol–water partition coefficient (Wildman–Crippen LogP) is 4.34. The Kier molecular flexibility index (Phi) is 4.46. The van der Waals surface area contributed by atoms with Gasteiger partial charge in [-0.1, -0.05) is 30.1 Å². The van der Waals surface area contributed by atoms with Crippen LogP contribution < -0.4 is 5.32 Å². The number of ether oxygens (including phenoxy) is 1. The van der Waals surface area contributed by atoms with Gasteiger partial charge in [-0.05, 0) is 47.7 Å². The highest BCUT2D eigenvalue weighted by atomic mass is 35.5. The van der Waals surface area contributed by atoms with Crippen molar-refractivity contribution in [2.24, 2.45) is 5.92 Å². The average Bonchev–Trinajstić information content (AvgIpc) is 2.56. The fraction of sp³-hybridized carbons (Fsp3) is 0.400. The third-order valence-corrected chi connectivity index (χ3v) is 6.42. The lowest BCUT2D eigenvalue weighted by Gasteiger charge is -2.38. The summed E-state index contributed by atoms with van der Waals surface area (Å²) >= 11 is 13.3. The molecule has 0 bridgehead atoms. The molecule has 4 rings (SSSR count). The second-order valence-electron chi connectivity index (χ2n) is 7.40. The van der Waals surface area contributed by atoms with Crippen LogP contribution in [-0.4, -0.2) is 24.1 Å². The van der Waals surface area contributed by atoms with Crippen molar-refractivity contribution in [3.05, 3.63) is 62.9 Å². The minimum Gasteiger partial charge on any atom is -0.381 e.